The monoisotopic (exact) mass is 172 g/mol. The number of aromatic nitrogens is 1. The van der Waals surface area contributed by atoms with Crippen molar-refractivity contribution in [3.8, 4) is 11.3 Å². The first-order valence-corrected chi connectivity index (χ1v) is 4.24. The molecule has 0 aliphatic heterocycles. The zero-order valence-electron chi connectivity index (χ0n) is 7.57. The molecule has 0 radical (unpaired) electrons. The van der Waals surface area contributed by atoms with Crippen LogP contribution in [-0.4, -0.2) is 4.57 Å². The molecule has 66 valence electrons. The van der Waals surface area contributed by atoms with Crippen molar-refractivity contribution >= 4 is 5.69 Å². The van der Waals surface area contributed by atoms with Crippen molar-refractivity contribution in [2.75, 3.05) is 5.73 Å². The Kier molecular flexibility index (Phi) is 1.81. The van der Waals surface area contributed by atoms with E-state index in [2.05, 4.69) is 16.7 Å². The lowest BCUT2D eigenvalue weighted by Crippen LogP contribution is -1.90. The van der Waals surface area contributed by atoms with Gasteiger partial charge >= 0.3 is 0 Å². The highest BCUT2D eigenvalue weighted by Crippen LogP contribution is 2.20. The number of aryl methyl sites for hydroxylation is 1. The second kappa shape index (κ2) is 2.98. The Balaban J connectivity index is 2.53. The summed E-state index contributed by atoms with van der Waals surface area (Å²) in [5.74, 6) is 0. The first-order chi connectivity index (χ1) is 6.27. The molecule has 0 unspecified atom stereocenters. The molecule has 0 saturated carbocycles. The minimum absolute atomic E-state index is 0.804. The second-order valence-electron chi connectivity index (χ2n) is 3.13. The highest BCUT2D eigenvalue weighted by Gasteiger charge is 1.99. The molecule has 1 aromatic carbocycles. The van der Waals surface area contributed by atoms with Gasteiger partial charge in [-0.25, -0.2) is 0 Å². The molecule has 0 fully saturated rings. The molecule has 0 spiro atoms. The van der Waals surface area contributed by atoms with Gasteiger partial charge in [-0.1, -0.05) is 12.1 Å². The van der Waals surface area contributed by atoms with Crippen molar-refractivity contribution < 1.29 is 0 Å². The van der Waals surface area contributed by atoms with Crippen LogP contribution in [0.25, 0.3) is 11.3 Å². The largest absolute Gasteiger partial charge is 0.399 e. The summed E-state index contributed by atoms with van der Waals surface area (Å²) < 4.78 is 2.08. The Morgan fingerprint density at radius 1 is 1.15 bits per heavy atom. The van der Waals surface area contributed by atoms with Crippen molar-refractivity contribution in [1.82, 2.24) is 4.57 Å². The van der Waals surface area contributed by atoms with Gasteiger partial charge in [0, 0.05) is 30.2 Å². The first-order valence-electron chi connectivity index (χ1n) is 4.24. The molecule has 0 aliphatic rings. The third-order valence-corrected chi connectivity index (χ3v) is 2.13. The molecule has 2 nitrogen and oxygen atoms in total. The van der Waals surface area contributed by atoms with Crippen LogP contribution in [0.15, 0.2) is 42.6 Å². The summed E-state index contributed by atoms with van der Waals surface area (Å²) in [5, 5.41) is 0. The van der Waals surface area contributed by atoms with E-state index in [1.165, 1.54) is 5.69 Å². The highest BCUT2D eigenvalue weighted by molar-refractivity contribution is 5.64. The van der Waals surface area contributed by atoms with Crippen LogP contribution in [0.5, 0.6) is 0 Å². The number of anilines is 1. The Labute approximate surface area is 77.6 Å². The fraction of sp³-hybridized carbons (Fsp3) is 0.0909. The molecule has 1 heterocycles. The topological polar surface area (TPSA) is 30.9 Å². The van der Waals surface area contributed by atoms with Crippen LogP contribution in [-0.2, 0) is 7.05 Å². The maximum Gasteiger partial charge on any atom is 0.0478 e. The second-order valence-corrected chi connectivity index (χ2v) is 3.13. The third kappa shape index (κ3) is 1.43. The smallest absolute Gasteiger partial charge is 0.0478 e. The van der Waals surface area contributed by atoms with Gasteiger partial charge in [0.25, 0.3) is 0 Å². The quantitative estimate of drug-likeness (QED) is 0.657. The number of nitrogen functional groups attached to an aromatic ring is 1. The summed E-state index contributed by atoms with van der Waals surface area (Å²) in [6, 6.07) is 12.0. The van der Waals surface area contributed by atoms with Crippen molar-refractivity contribution in [2.24, 2.45) is 7.05 Å². The molecule has 13 heavy (non-hydrogen) atoms. The van der Waals surface area contributed by atoms with E-state index in [-0.39, 0.29) is 0 Å². The molecule has 2 aromatic rings. The maximum atomic E-state index is 5.71. The molecule has 0 aliphatic carbocycles. The van der Waals surface area contributed by atoms with E-state index in [0.29, 0.717) is 0 Å². The van der Waals surface area contributed by atoms with Gasteiger partial charge in [0.05, 0.1) is 0 Å². The van der Waals surface area contributed by atoms with Gasteiger partial charge in [-0.3, -0.25) is 0 Å². The van der Waals surface area contributed by atoms with E-state index in [4.69, 9.17) is 5.73 Å². The van der Waals surface area contributed by atoms with Crippen LogP contribution in [0.3, 0.4) is 0 Å². The molecule has 0 saturated heterocycles. The lowest BCUT2D eigenvalue weighted by atomic mass is 10.1. The lowest BCUT2D eigenvalue weighted by Gasteiger charge is -2.03. The number of rotatable bonds is 1. The van der Waals surface area contributed by atoms with Gasteiger partial charge < -0.3 is 10.3 Å². The van der Waals surface area contributed by atoms with E-state index >= 15 is 0 Å². The Bertz CT molecular complexity index is 416. The van der Waals surface area contributed by atoms with Crippen molar-refractivity contribution in [3.05, 3.63) is 42.6 Å². The van der Waals surface area contributed by atoms with Crippen LogP contribution >= 0.6 is 0 Å². The average Bonchev–Trinajstić information content (AvgIpc) is 2.51. The summed E-state index contributed by atoms with van der Waals surface area (Å²) in [5.41, 5.74) is 8.86. The minimum Gasteiger partial charge on any atom is -0.399 e. The van der Waals surface area contributed by atoms with E-state index in [1.54, 1.807) is 0 Å². The number of benzene rings is 1. The van der Waals surface area contributed by atoms with Gasteiger partial charge in [-0.2, -0.15) is 0 Å². The van der Waals surface area contributed by atoms with Gasteiger partial charge in [-0.15, -0.1) is 0 Å². The van der Waals surface area contributed by atoms with E-state index < -0.39 is 0 Å². The summed E-state index contributed by atoms with van der Waals surface area (Å²) in [4.78, 5) is 0. The fourth-order valence-corrected chi connectivity index (χ4v) is 1.46. The van der Waals surface area contributed by atoms with Crippen molar-refractivity contribution in [3.63, 3.8) is 0 Å². The van der Waals surface area contributed by atoms with Gasteiger partial charge in [-0.05, 0) is 24.3 Å². The molecule has 1 aromatic heterocycles. The summed E-state index contributed by atoms with van der Waals surface area (Å²) in [6.07, 6.45) is 2.03. The van der Waals surface area contributed by atoms with Gasteiger partial charge in [0.1, 0.15) is 0 Å². The Morgan fingerprint density at radius 2 is 2.00 bits per heavy atom. The first kappa shape index (κ1) is 7.92. The number of hydrogen-bond donors (Lipinski definition) is 1. The van der Waals surface area contributed by atoms with Crippen molar-refractivity contribution in [1.29, 1.82) is 0 Å². The lowest BCUT2D eigenvalue weighted by molar-refractivity contribution is 0.937. The molecule has 0 amide bonds. The molecule has 2 heteroatoms. The third-order valence-electron chi connectivity index (χ3n) is 2.13. The van der Waals surface area contributed by atoms with Crippen LogP contribution in [0.1, 0.15) is 0 Å². The van der Waals surface area contributed by atoms with Crippen LogP contribution in [0.2, 0.25) is 0 Å². The molecule has 0 atom stereocenters. The molecular weight excluding hydrogens is 160 g/mol. The van der Waals surface area contributed by atoms with E-state index in [0.717, 1.165) is 11.3 Å². The predicted octanol–water partition coefficient (Wildman–Crippen LogP) is 2.27. The molecular formula is C11H12N2. The highest BCUT2D eigenvalue weighted by atomic mass is 14.9. The minimum atomic E-state index is 0.804. The van der Waals surface area contributed by atoms with Gasteiger partial charge in [0.2, 0.25) is 0 Å². The standard InChI is InChI=1S/C11H12N2/c1-13-7-3-6-11(13)9-4-2-5-10(12)8-9/h2-8H,12H2,1H3. The summed E-state index contributed by atoms with van der Waals surface area (Å²) in [7, 11) is 2.03. The zero-order valence-corrected chi connectivity index (χ0v) is 7.57. The number of nitrogens with zero attached hydrogens (tertiary/aromatic N) is 1. The van der Waals surface area contributed by atoms with Crippen LogP contribution in [0.4, 0.5) is 5.69 Å². The molecule has 2 rings (SSSR count). The van der Waals surface area contributed by atoms with E-state index in [1.807, 2.05) is 37.5 Å². The van der Waals surface area contributed by atoms with Crippen LogP contribution < -0.4 is 5.73 Å². The average molecular weight is 172 g/mol. The van der Waals surface area contributed by atoms with Crippen LogP contribution in [0, 0.1) is 0 Å². The predicted molar refractivity (Wildman–Crippen MR) is 55.3 cm³/mol. The summed E-state index contributed by atoms with van der Waals surface area (Å²) in [6.45, 7) is 0. The Hall–Kier alpha value is -1.70. The van der Waals surface area contributed by atoms with Gasteiger partial charge in [0.15, 0.2) is 0 Å². The fourth-order valence-electron chi connectivity index (χ4n) is 1.46. The van der Waals surface area contributed by atoms with E-state index in [9.17, 15) is 0 Å². The normalized spacial score (nSPS) is 10.2. The zero-order chi connectivity index (χ0) is 9.26. The number of nitrogens with two attached hydrogens (primary N) is 1. The van der Waals surface area contributed by atoms with Crippen molar-refractivity contribution in [2.45, 2.75) is 0 Å². The number of hydrogen-bond acceptors (Lipinski definition) is 1. The molecule has 2 N–H and O–H groups in total. The summed E-state index contributed by atoms with van der Waals surface area (Å²) >= 11 is 0. The SMILES string of the molecule is Cn1cccc1-c1cccc(N)c1. The Morgan fingerprint density at radius 3 is 2.62 bits per heavy atom. The molecule has 0 bridgehead atoms. The maximum absolute atomic E-state index is 5.71.